The van der Waals surface area contributed by atoms with Crippen molar-refractivity contribution in [1.82, 2.24) is 5.32 Å². The summed E-state index contributed by atoms with van der Waals surface area (Å²) in [5, 5.41) is 4.78. The third-order valence-corrected chi connectivity index (χ3v) is 6.49. The van der Waals surface area contributed by atoms with Gasteiger partial charge in [0.25, 0.3) is 10.0 Å². The van der Waals surface area contributed by atoms with Crippen LogP contribution < -0.4 is 10.0 Å². The van der Waals surface area contributed by atoms with Crippen LogP contribution >= 0.6 is 33.9 Å². The largest absolute Gasteiger partial charge is 0.315 e. The number of hydrogen-bond donors (Lipinski definition) is 2. The molecule has 1 aromatic heterocycles. The molecule has 0 aliphatic rings. The number of halogens is 2. The molecule has 8 heteroatoms. The maximum atomic E-state index is 13.1. The van der Waals surface area contributed by atoms with Crippen LogP contribution in [0.3, 0.4) is 0 Å². The summed E-state index contributed by atoms with van der Waals surface area (Å²) >= 11 is 3.30. The minimum Gasteiger partial charge on any atom is -0.315 e. The Morgan fingerprint density at radius 1 is 1.38 bits per heavy atom. The predicted molar refractivity (Wildman–Crippen MR) is 91.7 cm³/mol. The van der Waals surface area contributed by atoms with Crippen molar-refractivity contribution in [2.75, 3.05) is 11.8 Å². The Balaban J connectivity index is 2.41. The molecule has 1 heterocycles. The lowest BCUT2D eigenvalue weighted by atomic mass is 10.3. The number of aryl methyl sites for hydroxylation is 1. The zero-order valence-electron chi connectivity index (χ0n) is 11.4. The molecular formula is C13H14FIN2O2S2. The van der Waals surface area contributed by atoms with Crippen molar-refractivity contribution in [3.8, 4) is 0 Å². The zero-order chi connectivity index (χ0) is 15.6. The molecule has 4 nitrogen and oxygen atoms in total. The third-order valence-electron chi connectivity index (χ3n) is 2.77. The molecule has 0 atom stereocenters. The van der Waals surface area contributed by atoms with Crippen LogP contribution in [0.1, 0.15) is 10.4 Å². The first-order valence-corrected chi connectivity index (χ1v) is 9.48. The van der Waals surface area contributed by atoms with Crippen LogP contribution in [0.5, 0.6) is 0 Å². The molecule has 0 unspecified atom stereocenters. The fourth-order valence-electron chi connectivity index (χ4n) is 1.90. The van der Waals surface area contributed by atoms with Crippen LogP contribution in [0.15, 0.2) is 28.5 Å². The van der Waals surface area contributed by atoms with Gasteiger partial charge in [-0.15, -0.1) is 11.3 Å². The molecule has 114 valence electrons. The summed E-state index contributed by atoms with van der Waals surface area (Å²) in [6, 6.07) is 3.94. The molecule has 0 aliphatic carbocycles. The van der Waals surface area contributed by atoms with E-state index in [4.69, 9.17) is 0 Å². The van der Waals surface area contributed by atoms with Crippen LogP contribution in [-0.4, -0.2) is 15.5 Å². The summed E-state index contributed by atoms with van der Waals surface area (Å²) in [7, 11) is -1.93. The highest BCUT2D eigenvalue weighted by atomic mass is 127. The monoisotopic (exact) mass is 440 g/mol. The fourth-order valence-corrected chi connectivity index (χ4v) is 5.60. The number of nitrogens with one attached hydrogen (secondary N) is 2. The van der Waals surface area contributed by atoms with Crippen molar-refractivity contribution in [1.29, 1.82) is 0 Å². The van der Waals surface area contributed by atoms with E-state index in [9.17, 15) is 12.8 Å². The molecule has 2 rings (SSSR count). The van der Waals surface area contributed by atoms with Crippen molar-refractivity contribution in [3.05, 3.63) is 43.4 Å². The molecule has 0 saturated heterocycles. The summed E-state index contributed by atoms with van der Waals surface area (Å²) < 4.78 is 41.3. The first kappa shape index (κ1) is 16.7. The van der Waals surface area contributed by atoms with Gasteiger partial charge in [0.2, 0.25) is 0 Å². The summed E-state index contributed by atoms with van der Waals surface area (Å²) in [6.07, 6.45) is 0. The van der Waals surface area contributed by atoms with Gasteiger partial charge in [-0.2, -0.15) is 0 Å². The van der Waals surface area contributed by atoms with E-state index in [1.165, 1.54) is 29.5 Å². The van der Waals surface area contributed by atoms with Gasteiger partial charge in [-0.3, -0.25) is 4.72 Å². The van der Waals surface area contributed by atoms with E-state index in [0.717, 1.165) is 4.88 Å². The highest BCUT2D eigenvalue weighted by Crippen LogP contribution is 2.30. The molecular weight excluding hydrogens is 426 g/mol. The van der Waals surface area contributed by atoms with Crippen molar-refractivity contribution < 1.29 is 12.8 Å². The SMILES string of the molecule is CNCc1scc(C)c1S(=O)(=O)Nc1ccc(F)cc1I. The average molecular weight is 440 g/mol. The normalized spacial score (nSPS) is 11.6. The molecule has 0 aliphatic heterocycles. The first-order chi connectivity index (χ1) is 9.85. The molecule has 0 radical (unpaired) electrons. The van der Waals surface area contributed by atoms with Gasteiger partial charge in [0, 0.05) is 15.0 Å². The third kappa shape index (κ3) is 3.74. The van der Waals surface area contributed by atoms with E-state index in [-0.39, 0.29) is 0 Å². The Labute approximate surface area is 141 Å². The molecule has 0 bridgehead atoms. The van der Waals surface area contributed by atoms with Crippen LogP contribution in [0.4, 0.5) is 10.1 Å². The zero-order valence-corrected chi connectivity index (χ0v) is 15.2. The maximum absolute atomic E-state index is 13.1. The van der Waals surface area contributed by atoms with Crippen molar-refractivity contribution in [3.63, 3.8) is 0 Å². The predicted octanol–water partition coefficient (Wildman–Crippen LogP) is 3.32. The highest BCUT2D eigenvalue weighted by molar-refractivity contribution is 14.1. The van der Waals surface area contributed by atoms with Gasteiger partial charge in [-0.25, -0.2) is 12.8 Å². The number of sulfonamides is 1. The van der Waals surface area contributed by atoms with Gasteiger partial charge < -0.3 is 5.32 Å². The molecule has 21 heavy (non-hydrogen) atoms. The van der Waals surface area contributed by atoms with Gasteiger partial charge >= 0.3 is 0 Å². The minimum atomic E-state index is -3.70. The van der Waals surface area contributed by atoms with Gasteiger partial charge in [0.05, 0.1) is 5.69 Å². The van der Waals surface area contributed by atoms with Gasteiger partial charge in [0.1, 0.15) is 10.7 Å². The van der Waals surface area contributed by atoms with Crippen LogP contribution in [0.25, 0.3) is 0 Å². The summed E-state index contributed by atoms with van der Waals surface area (Å²) in [5.41, 5.74) is 1.08. The standard InChI is InChI=1S/C13H14FIN2O2S2/c1-8-7-20-12(6-16-2)13(8)21(18,19)17-11-4-3-9(14)5-10(11)15/h3-5,7,16-17H,6H2,1-2H3. The molecule has 0 spiro atoms. The summed E-state index contributed by atoms with van der Waals surface area (Å²) in [4.78, 5) is 1.04. The number of thiophene rings is 1. The van der Waals surface area contributed by atoms with E-state index < -0.39 is 15.8 Å². The van der Waals surface area contributed by atoms with E-state index in [0.29, 0.717) is 26.3 Å². The maximum Gasteiger partial charge on any atom is 0.263 e. The Morgan fingerprint density at radius 3 is 2.71 bits per heavy atom. The smallest absolute Gasteiger partial charge is 0.263 e. The topological polar surface area (TPSA) is 58.2 Å². The molecule has 0 fully saturated rings. The van der Waals surface area contributed by atoms with E-state index in [1.807, 2.05) is 28.0 Å². The molecule has 1 aromatic carbocycles. The Hall–Kier alpha value is -0.710. The lowest BCUT2D eigenvalue weighted by Gasteiger charge is -2.11. The average Bonchev–Trinajstić information content (AvgIpc) is 2.75. The van der Waals surface area contributed by atoms with Crippen LogP contribution in [0, 0.1) is 16.3 Å². The Bertz CT molecular complexity index is 760. The van der Waals surface area contributed by atoms with E-state index in [1.54, 1.807) is 14.0 Å². The van der Waals surface area contributed by atoms with Crippen molar-refractivity contribution in [2.24, 2.45) is 0 Å². The molecule has 0 saturated carbocycles. The van der Waals surface area contributed by atoms with E-state index in [2.05, 4.69) is 10.0 Å². The van der Waals surface area contributed by atoms with Crippen LogP contribution in [0.2, 0.25) is 0 Å². The Kier molecular flexibility index (Phi) is 5.23. The minimum absolute atomic E-state index is 0.293. The number of anilines is 1. The lowest BCUT2D eigenvalue weighted by molar-refractivity contribution is 0.599. The quantitative estimate of drug-likeness (QED) is 0.702. The van der Waals surface area contributed by atoms with Gasteiger partial charge in [-0.05, 0) is 65.7 Å². The summed E-state index contributed by atoms with van der Waals surface area (Å²) in [6.45, 7) is 2.25. The number of hydrogen-bond acceptors (Lipinski definition) is 4. The fraction of sp³-hybridized carbons (Fsp3) is 0.231. The highest BCUT2D eigenvalue weighted by Gasteiger charge is 2.23. The number of benzene rings is 1. The molecule has 2 aromatic rings. The lowest BCUT2D eigenvalue weighted by Crippen LogP contribution is -2.17. The second kappa shape index (κ2) is 6.59. The summed E-state index contributed by atoms with van der Waals surface area (Å²) in [5.74, 6) is -0.398. The van der Waals surface area contributed by atoms with Crippen molar-refractivity contribution >= 4 is 49.6 Å². The first-order valence-electron chi connectivity index (χ1n) is 6.04. The number of rotatable bonds is 5. The van der Waals surface area contributed by atoms with Gasteiger partial charge in [0.15, 0.2) is 0 Å². The molecule has 0 amide bonds. The van der Waals surface area contributed by atoms with E-state index >= 15 is 0 Å². The van der Waals surface area contributed by atoms with Crippen molar-refractivity contribution in [2.45, 2.75) is 18.4 Å². The molecule has 2 N–H and O–H groups in total. The van der Waals surface area contributed by atoms with Crippen LogP contribution in [-0.2, 0) is 16.6 Å². The van der Waals surface area contributed by atoms with Gasteiger partial charge in [-0.1, -0.05) is 0 Å². The second-order valence-corrected chi connectivity index (χ2v) is 8.18. The Morgan fingerprint density at radius 2 is 2.10 bits per heavy atom. The second-order valence-electron chi connectivity index (χ2n) is 4.43.